The molecule has 1 N–H and O–H groups in total. The van der Waals surface area contributed by atoms with Crippen molar-refractivity contribution in [1.29, 1.82) is 0 Å². The van der Waals surface area contributed by atoms with Crippen molar-refractivity contribution < 1.29 is 0 Å². The topological polar surface area (TPSA) is 12.0 Å². The Morgan fingerprint density at radius 2 is 2.15 bits per heavy atom. The first-order valence-corrected chi connectivity index (χ1v) is 5.61. The van der Waals surface area contributed by atoms with Crippen molar-refractivity contribution in [2.45, 2.75) is 6.92 Å². The van der Waals surface area contributed by atoms with Crippen LogP contribution in [0.25, 0.3) is 0 Å². The van der Waals surface area contributed by atoms with Gasteiger partial charge in [-0.2, -0.15) is 0 Å². The molecule has 13 heavy (non-hydrogen) atoms. The second kappa shape index (κ2) is 5.08. The minimum absolute atomic E-state index is 0.575. The third kappa shape index (κ3) is 2.76. The van der Waals surface area contributed by atoms with E-state index in [0.29, 0.717) is 5.88 Å². The van der Waals surface area contributed by atoms with Crippen LogP contribution in [0.4, 0.5) is 5.69 Å². The molecule has 0 bridgehead atoms. The van der Waals surface area contributed by atoms with Crippen LogP contribution in [0.5, 0.6) is 0 Å². The minimum atomic E-state index is 0.575. The lowest BCUT2D eigenvalue weighted by Crippen LogP contribution is -2.03. The molecule has 0 heterocycles. The van der Waals surface area contributed by atoms with E-state index in [1.54, 1.807) is 0 Å². The molecule has 0 aromatic heterocycles. The van der Waals surface area contributed by atoms with Gasteiger partial charge in [0.15, 0.2) is 0 Å². The van der Waals surface area contributed by atoms with Crippen LogP contribution in [0.15, 0.2) is 16.6 Å². The van der Waals surface area contributed by atoms with E-state index in [4.69, 9.17) is 23.2 Å². The van der Waals surface area contributed by atoms with Gasteiger partial charge in [0.05, 0.1) is 10.7 Å². The summed E-state index contributed by atoms with van der Waals surface area (Å²) in [5.74, 6) is 0.575. The normalized spacial score (nSPS) is 10.2. The summed E-state index contributed by atoms with van der Waals surface area (Å²) in [6.07, 6.45) is 0. The van der Waals surface area contributed by atoms with E-state index in [9.17, 15) is 0 Å². The van der Waals surface area contributed by atoms with E-state index < -0.39 is 0 Å². The Kier molecular flexibility index (Phi) is 4.36. The van der Waals surface area contributed by atoms with Gasteiger partial charge in [0, 0.05) is 16.9 Å². The summed E-state index contributed by atoms with van der Waals surface area (Å²) >= 11 is 15.1. The van der Waals surface area contributed by atoms with E-state index in [-0.39, 0.29) is 0 Å². The van der Waals surface area contributed by atoms with E-state index in [1.165, 1.54) is 0 Å². The smallest absolute Gasteiger partial charge is 0.0677 e. The van der Waals surface area contributed by atoms with Gasteiger partial charge in [-0.3, -0.25) is 0 Å². The molecule has 0 aliphatic rings. The van der Waals surface area contributed by atoms with E-state index in [1.807, 2.05) is 19.1 Å². The Labute approximate surface area is 96.6 Å². The number of halogens is 3. The van der Waals surface area contributed by atoms with Crippen molar-refractivity contribution >= 4 is 44.8 Å². The molecule has 1 aromatic carbocycles. The molecule has 0 saturated heterocycles. The van der Waals surface area contributed by atoms with Gasteiger partial charge in [-0.25, -0.2) is 0 Å². The van der Waals surface area contributed by atoms with E-state index >= 15 is 0 Å². The molecule has 0 atom stereocenters. The van der Waals surface area contributed by atoms with Gasteiger partial charge < -0.3 is 5.32 Å². The first kappa shape index (κ1) is 11.2. The van der Waals surface area contributed by atoms with Crippen LogP contribution in [-0.4, -0.2) is 12.4 Å². The first-order chi connectivity index (χ1) is 6.16. The zero-order valence-corrected chi connectivity index (χ0v) is 10.3. The molecule has 0 unspecified atom stereocenters. The maximum Gasteiger partial charge on any atom is 0.0677 e. The highest BCUT2D eigenvalue weighted by Gasteiger charge is 2.05. The van der Waals surface area contributed by atoms with Gasteiger partial charge in [-0.1, -0.05) is 27.5 Å². The predicted molar refractivity (Wildman–Crippen MR) is 63.1 cm³/mol. The number of alkyl halides is 1. The quantitative estimate of drug-likeness (QED) is 0.825. The summed E-state index contributed by atoms with van der Waals surface area (Å²) in [5, 5.41) is 3.90. The number of benzene rings is 1. The maximum absolute atomic E-state index is 6.10. The Morgan fingerprint density at radius 1 is 1.46 bits per heavy atom. The largest absolute Gasteiger partial charge is 0.383 e. The Morgan fingerprint density at radius 3 is 2.77 bits per heavy atom. The second-order valence-electron chi connectivity index (χ2n) is 2.65. The van der Waals surface area contributed by atoms with E-state index in [2.05, 4.69) is 21.2 Å². The molecule has 0 fully saturated rings. The van der Waals surface area contributed by atoms with Crippen LogP contribution >= 0.6 is 39.1 Å². The molecule has 0 saturated carbocycles. The number of rotatable bonds is 3. The molecular formula is C9H10BrCl2N. The highest BCUT2D eigenvalue weighted by atomic mass is 79.9. The molecule has 72 valence electrons. The fourth-order valence-corrected chi connectivity index (χ4v) is 1.75. The van der Waals surface area contributed by atoms with Gasteiger partial charge in [-0.15, -0.1) is 11.6 Å². The van der Waals surface area contributed by atoms with Crippen molar-refractivity contribution in [2.24, 2.45) is 0 Å². The highest BCUT2D eigenvalue weighted by Crippen LogP contribution is 2.30. The average Bonchev–Trinajstić information content (AvgIpc) is 2.13. The lowest BCUT2D eigenvalue weighted by molar-refractivity contribution is 1.21. The fraction of sp³-hybridized carbons (Fsp3) is 0.333. The van der Waals surface area contributed by atoms with Gasteiger partial charge in [0.1, 0.15) is 0 Å². The lowest BCUT2D eigenvalue weighted by atomic mass is 10.2. The summed E-state index contributed by atoms with van der Waals surface area (Å²) < 4.78 is 1.02. The predicted octanol–water partition coefficient (Wildman–Crippen LogP) is 4.06. The van der Waals surface area contributed by atoms with Crippen molar-refractivity contribution in [1.82, 2.24) is 0 Å². The summed E-state index contributed by atoms with van der Waals surface area (Å²) in [6, 6.07) is 3.91. The molecule has 0 spiro atoms. The van der Waals surface area contributed by atoms with Gasteiger partial charge in [0.25, 0.3) is 0 Å². The fourth-order valence-electron chi connectivity index (χ4n) is 0.980. The molecule has 0 amide bonds. The summed E-state index contributed by atoms with van der Waals surface area (Å²) in [6.45, 7) is 2.70. The summed E-state index contributed by atoms with van der Waals surface area (Å²) in [5.41, 5.74) is 1.98. The van der Waals surface area contributed by atoms with Crippen LogP contribution in [0.2, 0.25) is 5.02 Å². The van der Waals surface area contributed by atoms with E-state index in [0.717, 1.165) is 27.3 Å². The van der Waals surface area contributed by atoms with Crippen LogP contribution in [0.3, 0.4) is 0 Å². The molecule has 1 aromatic rings. The van der Waals surface area contributed by atoms with Gasteiger partial charge in [0.2, 0.25) is 0 Å². The zero-order valence-electron chi connectivity index (χ0n) is 7.20. The summed E-state index contributed by atoms with van der Waals surface area (Å²) in [7, 11) is 0. The molecule has 1 rings (SSSR count). The summed E-state index contributed by atoms with van der Waals surface area (Å²) in [4.78, 5) is 0. The number of nitrogens with one attached hydrogen (secondary N) is 1. The molecule has 0 aliphatic carbocycles. The lowest BCUT2D eigenvalue weighted by Gasteiger charge is -2.09. The maximum atomic E-state index is 6.10. The van der Waals surface area contributed by atoms with Gasteiger partial charge >= 0.3 is 0 Å². The molecule has 1 nitrogen and oxygen atoms in total. The first-order valence-electron chi connectivity index (χ1n) is 3.91. The van der Waals surface area contributed by atoms with Crippen LogP contribution in [0, 0.1) is 6.92 Å². The Bertz CT molecular complexity index is 302. The van der Waals surface area contributed by atoms with Crippen molar-refractivity contribution in [3.63, 3.8) is 0 Å². The van der Waals surface area contributed by atoms with Crippen LogP contribution < -0.4 is 5.32 Å². The second-order valence-corrected chi connectivity index (χ2v) is 4.26. The van der Waals surface area contributed by atoms with Crippen LogP contribution in [-0.2, 0) is 0 Å². The zero-order chi connectivity index (χ0) is 9.84. The average molecular weight is 283 g/mol. The number of anilines is 1. The van der Waals surface area contributed by atoms with Gasteiger partial charge in [-0.05, 0) is 24.6 Å². The van der Waals surface area contributed by atoms with Crippen molar-refractivity contribution in [3.8, 4) is 0 Å². The Hall–Kier alpha value is 0.0800. The van der Waals surface area contributed by atoms with Crippen molar-refractivity contribution in [3.05, 3.63) is 27.2 Å². The number of hydrogen-bond acceptors (Lipinski definition) is 1. The molecular weight excluding hydrogens is 273 g/mol. The van der Waals surface area contributed by atoms with Crippen LogP contribution in [0.1, 0.15) is 5.56 Å². The Balaban J connectivity index is 2.90. The molecule has 0 aliphatic heterocycles. The molecule has 0 radical (unpaired) electrons. The highest BCUT2D eigenvalue weighted by molar-refractivity contribution is 9.10. The number of hydrogen-bond donors (Lipinski definition) is 1. The third-order valence-electron chi connectivity index (χ3n) is 1.73. The monoisotopic (exact) mass is 281 g/mol. The van der Waals surface area contributed by atoms with Crippen molar-refractivity contribution in [2.75, 3.05) is 17.7 Å². The SMILES string of the molecule is Cc1c(Br)ccc(NCCCl)c1Cl. The standard InChI is InChI=1S/C9H10BrCl2N/c1-6-7(10)2-3-8(9(6)12)13-5-4-11/h2-3,13H,4-5H2,1H3. The molecule has 4 heteroatoms. The third-order valence-corrected chi connectivity index (χ3v) is 3.27. The minimum Gasteiger partial charge on any atom is -0.383 e.